The normalized spacial score (nSPS) is 11.4. The summed E-state index contributed by atoms with van der Waals surface area (Å²) in [5.74, 6) is 0.377. The summed E-state index contributed by atoms with van der Waals surface area (Å²) in [6.45, 7) is 3.26. The zero-order valence-electron chi connectivity index (χ0n) is 21.8. The second-order valence-corrected chi connectivity index (χ2v) is 9.85. The minimum Gasteiger partial charge on any atom is -0.494 e. The maximum absolute atomic E-state index is 13.7. The number of sulfonamides is 1. The number of hydrazone groups is 1. The minimum atomic E-state index is -4.25. The van der Waals surface area contributed by atoms with E-state index in [0.717, 1.165) is 4.31 Å². The predicted octanol–water partition coefficient (Wildman–Crippen LogP) is 3.75. The van der Waals surface area contributed by atoms with Crippen molar-refractivity contribution >= 4 is 33.0 Å². The largest absolute Gasteiger partial charge is 0.494 e. The Balaban J connectivity index is 1.91. The number of benzene rings is 3. The number of ether oxygens (including phenoxy) is 3. The van der Waals surface area contributed by atoms with E-state index in [1.54, 1.807) is 19.1 Å². The standard InChI is InChI=1S/C26H28N4O8S/c1-5-38-22-12-10-20(11-13-22)29(39(34,35)23-14-15-24(36-3)25(16-23)37-4)17-26(31)28-27-18(2)19-6-8-21(9-7-19)30(32)33/h6-16H,5,17H2,1-4H3,(H,28,31)/b27-18-. The molecule has 0 aliphatic rings. The number of nitro benzene ring substituents is 1. The van der Waals surface area contributed by atoms with Crippen molar-refractivity contribution in [1.82, 2.24) is 5.43 Å². The van der Waals surface area contributed by atoms with Gasteiger partial charge in [0.05, 0.1) is 42.0 Å². The predicted molar refractivity (Wildman–Crippen MR) is 145 cm³/mol. The molecule has 0 radical (unpaired) electrons. The molecule has 0 aliphatic carbocycles. The van der Waals surface area contributed by atoms with E-state index >= 15 is 0 Å². The Labute approximate surface area is 226 Å². The molecule has 0 fully saturated rings. The summed E-state index contributed by atoms with van der Waals surface area (Å²) in [4.78, 5) is 23.1. The van der Waals surface area contributed by atoms with Gasteiger partial charge in [0.15, 0.2) is 11.5 Å². The van der Waals surface area contributed by atoms with Gasteiger partial charge in [0.2, 0.25) is 0 Å². The molecule has 0 bridgehead atoms. The molecule has 0 heterocycles. The number of nitro groups is 1. The Morgan fingerprint density at radius 2 is 1.64 bits per heavy atom. The minimum absolute atomic E-state index is 0.0815. The number of nitrogens with zero attached hydrogens (tertiary/aromatic N) is 3. The smallest absolute Gasteiger partial charge is 0.269 e. The van der Waals surface area contributed by atoms with Crippen molar-refractivity contribution < 1.29 is 32.3 Å². The molecular weight excluding hydrogens is 528 g/mol. The lowest BCUT2D eigenvalue weighted by Crippen LogP contribution is -2.39. The monoisotopic (exact) mass is 556 g/mol. The number of hydrogen-bond acceptors (Lipinski definition) is 9. The van der Waals surface area contributed by atoms with Crippen molar-refractivity contribution in [3.05, 3.63) is 82.4 Å². The number of rotatable bonds is 12. The van der Waals surface area contributed by atoms with Crippen LogP contribution >= 0.6 is 0 Å². The van der Waals surface area contributed by atoms with Gasteiger partial charge in [0, 0.05) is 18.2 Å². The van der Waals surface area contributed by atoms with Crippen LogP contribution in [0.2, 0.25) is 0 Å². The molecule has 12 nitrogen and oxygen atoms in total. The molecule has 3 aromatic carbocycles. The first-order valence-corrected chi connectivity index (χ1v) is 13.1. The van der Waals surface area contributed by atoms with Gasteiger partial charge in [-0.05, 0) is 67.9 Å². The molecule has 0 saturated heterocycles. The molecule has 1 N–H and O–H groups in total. The van der Waals surface area contributed by atoms with Crippen molar-refractivity contribution in [2.45, 2.75) is 18.7 Å². The van der Waals surface area contributed by atoms with Gasteiger partial charge >= 0.3 is 0 Å². The molecule has 206 valence electrons. The van der Waals surface area contributed by atoms with Crippen LogP contribution in [0.1, 0.15) is 19.4 Å². The molecule has 39 heavy (non-hydrogen) atoms. The molecule has 3 aromatic rings. The fraction of sp³-hybridized carbons (Fsp3) is 0.231. The summed E-state index contributed by atoms with van der Waals surface area (Å²) in [6, 6.07) is 16.0. The average Bonchev–Trinajstić information content (AvgIpc) is 2.94. The Morgan fingerprint density at radius 3 is 2.21 bits per heavy atom. The maximum atomic E-state index is 13.7. The van der Waals surface area contributed by atoms with Gasteiger partial charge in [0.1, 0.15) is 12.3 Å². The number of nitrogens with one attached hydrogen (secondary N) is 1. The number of non-ortho nitro benzene ring substituents is 1. The van der Waals surface area contributed by atoms with Crippen molar-refractivity contribution in [1.29, 1.82) is 0 Å². The zero-order chi connectivity index (χ0) is 28.6. The fourth-order valence-corrected chi connectivity index (χ4v) is 4.93. The van der Waals surface area contributed by atoms with Gasteiger partial charge in [0.25, 0.3) is 21.6 Å². The van der Waals surface area contributed by atoms with Crippen molar-refractivity contribution in [2.75, 3.05) is 31.7 Å². The van der Waals surface area contributed by atoms with E-state index in [4.69, 9.17) is 14.2 Å². The highest BCUT2D eigenvalue weighted by Crippen LogP contribution is 2.32. The van der Waals surface area contributed by atoms with Crippen molar-refractivity contribution in [3.63, 3.8) is 0 Å². The summed E-state index contributed by atoms with van der Waals surface area (Å²) >= 11 is 0. The highest BCUT2D eigenvalue weighted by Gasteiger charge is 2.28. The van der Waals surface area contributed by atoms with E-state index in [0.29, 0.717) is 29.4 Å². The van der Waals surface area contributed by atoms with E-state index in [9.17, 15) is 23.3 Å². The van der Waals surface area contributed by atoms with Gasteiger partial charge in [-0.3, -0.25) is 19.2 Å². The second kappa shape index (κ2) is 12.7. The molecule has 0 saturated carbocycles. The van der Waals surface area contributed by atoms with E-state index in [1.165, 1.54) is 68.8 Å². The quantitative estimate of drug-likeness (QED) is 0.201. The van der Waals surface area contributed by atoms with Crippen LogP contribution < -0.4 is 23.9 Å². The van der Waals surface area contributed by atoms with Crippen LogP contribution in [-0.4, -0.2) is 52.3 Å². The van der Waals surface area contributed by atoms with Gasteiger partial charge in [-0.2, -0.15) is 5.10 Å². The SMILES string of the molecule is CCOc1ccc(N(CC(=O)N/N=C(/C)c2ccc([N+](=O)[O-])cc2)S(=O)(=O)c2ccc(OC)c(OC)c2)cc1. The Morgan fingerprint density at radius 1 is 1.00 bits per heavy atom. The molecule has 0 unspecified atom stereocenters. The Kier molecular flexibility index (Phi) is 9.44. The van der Waals surface area contributed by atoms with E-state index in [1.807, 2.05) is 6.92 Å². The topological polar surface area (TPSA) is 150 Å². The number of hydrogen-bond donors (Lipinski definition) is 1. The third-order valence-corrected chi connectivity index (χ3v) is 7.28. The van der Waals surface area contributed by atoms with E-state index in [-0.39, 0.29) is 22.0 Å². The summed E-state index contributed by atoms with van der Waals surface area (Å²) in [5.41, 5.74) is 3.41. The first-order chi connectivity index (χ1) is 18.6. The summed E-state index contributed by atoms with van der Waals surface area (Å²) < 4.78 is 44.3. The number of anilines is 1. The zero-order valence-corrected chi connectivity index (χ0v) is 22.6. The van der Waals surface area contributed by atoms with Crippen LogP contribution in [0.25, 0.3) is 0 Å². The number of amides is 1. The highest BCUT2D eigenvalue weighted by atomic mass is 32.2. The molecular formula is C26H28N4O8S. The third-order valence-electron chi connectivity index (χ3n) is 5.51. The lowest BCUT2D eigenvalue weighted by molar-refractivity contribution is -0.384. The number of methoxy groups -OCH3 is 2. The number of carbonyl (C=O) groups is 1. The molecule has 0 spiro atoms. The van der Waals surface area contributed by atoms with Crippen molar-refractivity contribution in [3.8, 4) is 17.2 Å². The third kappa shape index (κ3) is 7.02. The van der Waals surface area contributed by atoms with Crippen LogP contribution in [0, 0.1) is 10.1 Å². The maximum Gasteiger partial charge on any atom is 0.269 e. The summed E-state index contributed by atoms with van der Waals surface area (Å²) in [5, 5.41) is 14.9. The van der Waals surface area contributed by atoms with Crippen LogP contribution in [0.3, 0.4) is 0 Å². The Hall–Kier alpha value is -4.65. The van der Waals surface area contributed by atoms with Gasteiger partial charge in [-0.1, -0.05) is 0 Å². The van der Waals surface area contributed by atoms with E-state index < -0.39 is 27.4 Å². The first kappa shape index (κ1) is 28.9. The fourth-order valence-electron chi connectivity index (χ4n) is 3.50. The number of carbonyl (C=O) groups excluding carboxylic acids is 1. The molecule has 0 aromatic heterocycles. The lowest BCUT2D eigenvalue weighted by atomic mass is 10.1. The summed E-state index contributed by atoms with van der Waals surface area (Å²) in [6.07, 6.45) is 0. The highest BCUT2D eigenvalue weighted by molar-refractivity contribution is 7.92. The average molecular weight is 557 g/mol. The van der Waals surface area contributed by atoms with Crippen LogP contribution in [0.4, 0.5) is 11.4 Å². The van der Waals surface area contributed by atoms with Gasteiger partial charge in [-0.25, -0.2) is 13.8 Å². The molecule has 0 aliphatic heterocycles. The summed E-state index contributed by atoms with van der Waals surface area (Å²) in [7, 11) is -1.43. The first-order valence-electron chi connectivity index (χ1n) is 11.7. The van der Waals surface area contributed by atoms with Gasteiger partial charge < -0.3 is 14.2 Å². The molecule has 1 amide bonds. The van der Waals surface area contributed by atoms with Crippen LogP contribution in [0.15, 0.2) is 76.7 Å². The second-order valence-electron chi connectivity index (χ2n) is 7.99. The van der Waals surface area contributed by atoms with Crippen LogP contribution in [0.5, 0.6) is 17.2 Å². The van der Waals surface area contributed by atoms with Crippen LogP contribution in [-0.2, 0) is 14.8 Å². The lowest BCUT2D eigenvalue weighted by Gasteiger charge is -2.24. The van der Waals surface area contributed by atoms with Crippen molar-refractivity contribution in [2.24, 2.45) is 5.10 Å². The van der Waals surface area contributed by atoms with E-state index in [2.05, 4.69) is 10.5 Å². The molecule has 3 rings (SSSR count). The molecule has 0 atom stereocenters. The Bertz CT molecular complexity index is 1460. The van der Waals surface area contributed by atoms with Gasteiger partial charge in [-0.15, -0.1) is 0 Å². The molecule has 13 heteroatoms.